The molecule has 0 bridgehead atoms. The van der Waals surface area contributed by atoms with E-state index < -0.39 is 5.60 Å². The van der Waals surface area contributed by atoms with E-state index in [-0.39, 0.29) is 5.91 Å². The number of aliphatic hydroxyl groups is 1. The molecule has 1 amide bonds. The van der Waals surface area contributed by atoms with E-state index in [1.165, 1.54) is 0 Å². The molecule has 3 nitrogen and oxygen atoms in total. The number of nitrogens with one attached hydrogen (secondary N) is 1. The summed E-state index contributed by atoms with van der Waals surface area (Å²) in [5, 5.41) is 13.3. The van der Waals surface area contributed by atoms with Crippen LogP contribution in [-0.4, -0.2) is 23.2 Å². The number of hydrogen-bond donors (Lipinski definition) is 2. The first kappa shape index (κ1) is 15.5. The molecule has 2 N–H and O–H groups in total. The van der Waals surface area contributed by atoms with Gasteiger partial charge in [-0.2, -0.15) is 0 Å². The zero-order valence-electron chi connectivity index (χ0n) is 12.4. The van der Waals surface area contributed by atoms with Gasteiger partial charge >= 0.3 is 0 Å². The zero-order valence-corrected chi connectivity index (χ0v) is 12.4. The standard InChI is InChI=1S/C15H29NO2/c1-5-12(2)10-13(17)16-11-15(18)8-6-14(3,4)7-9-15/h12,18H,5-11H2,1-4H3,(H,16,17). The van der Waals surface area contributed by atoms with Gasteiger partial charge in [0.05, 0.1) is 5.60 Å². The molecule has 0 heterocycles. The maximum Gasteiger partial charge on any atom is 0.220 e. The molecule has 0 spiro atoms. The van der Waals surface area contributed by atoms with E-state index in [2.05, 4.69) is 33.0 Å². The second-order valence-electron chi connectivity index (χ2n) is 6.88. The van der Waals surface area contributed by atoms with Crippen molar-refractivity contribution in [3.8, 4) is 0 Å². The summed E-state index contributed by atoms with van der Waals surface area (Å²) >= 11 is 0. The molecule has 18 heavy (non-hydrogen) atoms. The smallest absolute Gasteiger partial charge is 0.220 e. The van der Waals surface area contributed by atoms with Crippen molar-refractivity contribution in [3.05, 3.63) is 0 Å². The van der Waals surface area contributed by atoms with E-state index in [4.69, 9.17) is 0 Å². The Morgan fingerprint density at radius 1 is 1.28 bits per heavy atom. The molecular weight excluding hydrogens is 226 g/mol. The fourth-order valence-electron chi connectivity index (χ4n) is 2.37. The Kier molecular flexibility index (Phi) is 5.20. The molecule has 1 aliphatic carbocycles. The first-order valence-corrected chi connectivity index (χ1v) is 7.25. The number of carbonyl (C=O) groups excluding carboxylic acids is 1. The predicted molar refractivity (Wildman–Crippen MR) is 74.3 cm³/mol. The molecule has 0 radical (unpaired) electrons. The van der Waals surface area contributed by atoms with Gasteiger partial charge in [0, 0.05) is 13.0 Å². The Bertz CT molecular complexity index is 276. The van der Waals surface area contributed by atoms with Gasteiger partial charge in [0.25, 0.3) is 0 Å². The van der Waals surface area contributed by atoms with Crippen molar-refractivity contribution in [1.82, 2.24) is 5.32 Å². The minimum Gasteiger partial charge on any atom is -0.388 e. The predicted octanol–water partition coefficient (Wildman–Crippen LogP) is 2.87. The van der Waals surface area contributed by atoms with Crippen molar-refractivity contribution < 1.29 is 9.90 Å². The molecule has 1 rings (SSSR count). The van der Waals surface area contributed by atoms with Crippen molar-refractivity contribution in [2.75, 3.05) is 6.54 Å². The Balaban J connectivity index is 2.32. The largest absolute Gasteiger partial charge is 0.388 e. The normalized spacial score (nSPS) is 23.4. The minimum atomic E-state index is -0.680. The lowest BCUT2D eigenvalue weighted by molar-refractivity contribution is -0.123. The maximum absolute atomic E-state index is 11.7. The van der Waals surface area contributed by atoms with Crippen LogP contribution in [0.15, 0.2) is 0 Å². The highest BCUT2D eigenvalue weighted by molar-refractivity contribution is 5.76. The van der Waals surface area contributed by atoms with Crippen LogP contribution in [0.4, 0.5) is 0 Å². The molecule has 1 saturated carbocycles. The van der Waals surface area contributed by atoms with Gasteiger partial charge in [0.1, 0.15) is 0 Å². The molecule has 0 saturated heterocycles. The number of hydrogen-bond acceptors (Lipinski definition) is 2. The summed E-state index contributed by atoms with van der Waals surface area (Å²) in [4.78, 5) is 11.7. The van der Waals surface area contributed by atoms with Crippen LogP contribution in [0.25, 0.3) is 0 Å². The van der Waals surface area contributed by atoms with E-state index in [1.807, 2.05) is 0 Å². The summed E-state index contributed by atoms with van der Waals surface area (Å²) in [5.74, 6) is 0.493. The van der Waals surface area contributed by atoms with Crippen LogP contribution in [0.1, 0.15) is 66.2 Å². The number of carbonyl (C=O) groups is 1. The summed E-state index contributed by atoms with van der Waals surface area (Å²) in [6.45, 7) is 9.08. The Hall–Kier alpha value is -0.570. The monoisotopic (exact) mass is 255 g/mol. The molecule has 0 aromatic heterocycles. The molecule has 106 valence electrons. The fraction of sp³-hybridized carbons (Fsp3) is 0.933. The van der Waals surface area contributed by atoms with Gasteiger partial charge in [-0.25, -0.2) is 0 Å². The van der Waals surface area contributed by atoms with Crippen molar-refractivity contribution in [3.63, 3.8) is 0 Å². The van der Waals surface area contributed by atoms with Gasteiger partial charge in [-0.3, -0.25) is 4.79 Å². The van der Waals surface area contributed by atoms with Gasteiger partial charge in [-0.05, 0) is 37.0 Å². The molecule has 1 atom stereocenters. The van der Waals surface area contributed by atoms with Gasteiger partial charge in [0.2, 0.25) is 5.91 Å². The van der Waals surface area contributed by atoms with Crippen LogP contribution in [-0.2, 0) is 4.79 Å². The van der Waals surface area contributed by atoms with Crippen LogP contribution in [0.3, 0.4) is 0 Å². The molecule has 1 fully saturated rings. The maximum atomic E-state index is 11.7. The number of rotatable bonds is 5. The Labute approximate surface area is 111 Å². The average Bonchev–Trinajstić information content (AvgIpc) is 2.31. The first-order chi connectivity index (χ1) is 8.26. The molecule has 0 aliphatic heterocycles. The Morgan fingerprint density at radius 3 is 2.33 bits per heavy atom. The number of amides is 1. The summed E-state index contributed by atoms with van der Waals surface area (Å²) < 4.78 is 0. The second kappa shape index (κ2) is 6.05. The molecule has 1 aliphatic rings. The lowest BCUT2D eigenvalue weighted by Gasteiger charge is -2.40. The van der Waals surface area contributed by atoms with Crippen molar-refractivity contribution in [1.29, 1.82) is 0 Å². The van der Waals surface area contributed by atoms with E-state index in [1.54, 1.807) is 0 Å². The van der Waals surface area contributed by atoms with Gasteiger partial charge in [0.15, 0.2) is 0 Å². The summed E-state index contributed by atoms with van der Waals surface area (Å²) in [6, 6.07) is 0. The lowest BCUT2D eigenvalue weighted by atomic mass is 9.71. The average molecular weight is 255 g/mol. The molecule has 0 aromatic rings. The van der Waals surface area contributed by atoms with Gasteiger partial charge in [-0.1, -0.05) is 34.1 Å². The quantitative estimate of drug-likeness (QED) is 0.793. The van der Waals surface area contributed by atoms with Crippen LogP contribution in [0, 0.1) is 11.3 Å². The van der Waals surface area contributed by atoms with E-state index >= 15 is 0 Å². The van der Waals surface area contributed by atoms with Crippen molar-refractivity contribution >= 4 is 5.91 Å². The van der Waals surface area contributed by atoms with Crippen molar-refractivity contribution in [2.24, 2.45) is 11.3 Å². The third kappa shape index (κ3) is 4.97. The highest BCUT2D eigenvalue weighted by Crippen LogP contribution is 2.39. The van der Waals surface area contributed by atoms with Gasteiger partial charge in [-0.15, -0.1) is 0 Å². The SMILES string of the molecule is CCC(C)CC(=O)NCC1(O)CCC(C)(C)CC1. The fourth-order valence-corrected chi connectivity index (χ4v) is 2.37. The molecule has 1 unspecified atom stereocenters. The van der Waals surface area contributed by atoms with Crippen LogP contribution in [0.2, 0.25) is 0 Å². The summed E-state index contributed by atoms with van der Waals surface area (Å²) in [7, 11) is 0. The zero-order chi connectivity index (χ0) is 13.8. The molecule has 3 heteroatoms. The van der Waals surface area contributed by atoms with Crippen LogP contribution >= 0.6 is 0 Å². The van der Waals surface area contributed by atoms with E-state index in [9.17, 15) is 9.90 Å². The summed E-state index contributed by atoms with van der Waals surface area (Å²) in [5.41, 5.74) is -0.340. The van der Waals surface area contributed by atoms with E-state index in [0.29, 0.717) is 24.3 Å². The Morgan fingerprint density at radius 2 is 1.83 bits per heavy atom. The van der Waals surface area contributed by atoms with Crippen molar-refractivity contribution in [2.45, 2.75) is 71.8 Å². The van der Waals surface area contributed by atoms with Crippen LogP contribution in [0.5, 0.6) is 0 Å². The van der Waals surface area contributed by atoms with E-state index in [0.717, 1.165) is 32.1 Å². The second-order valence-corrected chi connectivity index (χ2v) is 6.88. The highest BCUT2D eigenvalue weighted by atomic mass is 16.3. The topological polar surface area (TPSA) is 49.3 Å². The first-order valence-electron chi connectivity index (χ1n) is 7.25. The molecular formula is C15H29NO2. The highest BCUT2D eigenvalue weighted by Gasteiger charge is 2.36. The third-order valence-electron chi connectivity index (χ3n) is 4.38. The van der Waals surface area contributed by atoms with Crippen LogP contribution < -0.4 is 5.32 Å². The third-order valence-corrected chi connectivity index (χ3v) is 4.38. The minimum absolute atomic E-state index is 0.0719. The lowest BCUT2D eigenvalue weighted by Crippen LogP contribution is -2.46. The summed E-state index contributed by atoms with van der Waals surface area (Å²) in [6.07, 6.45) is 5.24. The van der Waals surface area contributed by atoms with Gasteiger partial charge < -0.3 is 10.4 Å². The molecule has 0 aromatic carbocycles.